The van der Waals surface area contributed by atoms with Gasteiger partial charge >= 0.3 is 5.97 Å². The predicted octanol–water partition coefficient (Wildman–Crippen LogP) is 3.02. The number of esters is 1. The average Bonchev–Trinajstić information content (AvgIpc) is 2.80. The zero-order valence-corrected chi connectivity index (χ0v) is 17.8. The first-order chi connectivity index (χ1) is 14.7. The van der Waals surface area contributed by atoms with Gasteiger partial charge in [-0.2, -0.15) is 0 Å². The molecule has 0 spiro atoms. The van der Waals surface area contributed by atoms with Crippen LogP contribution in [0.5, 0.6) is 5.75 Å². The molecule has 2 aromatic carbocycles. The molecule has 2 atom stereocenters. The van der Waals surface area contributed by atoms with Gasteiger partial charge in [0.1, 0.15) is 5.75 Å². The Morgan fingerprint density at radius 2 is 1.97 bits per heavy atom. The first-order valence-corrected chi connectivity index (χ1v) is 11.0. The van der Waals surface area contributed by atoms with Crippen molar-refractivity contribution in [1.29, 1.82) is 0 Å². The van der Waals surface area contributed by atoms with Crippen LogP contribution in [0.15, 0.2) is 36.4 Å². The quantitative estimate of drug-likeness (QED) is 0.736. The Morgan fingerprint density at radius 3 is 2.77 bits per heavy atom. The second kappa shape index (κ2) is 9.77. The number of hydrogen-bond acceptors (Lipinski definition) is 6. The summed E-state index contributed by atoms with van der Waals surface area (Å²) in [6, 6.07) is 12.5. The second-order valence-corrected chi connectivity index (χ2v) is 8.40. The Morgan fingerprint density at radius 1 is 1.17 bits per heavy atom. The van der Waals surface area contributed by atoms with E-state index in [1.54, 1.807) is 6.07 Å². The van der Waals surface area contributed by atoms with E-state index in [4.69, 9.17) is 9.47 Å². The number of hydrogen-bond donors (Lipinski definition) is 1. The molecule has 2 heterocycles. The van der Waals surface area contributed by atoms with Crippen molar-refractivity contribution in [3.63, 3.8) is 0 Å². The Bertz CT molecular complexity index is 865. The molecule has 2 aromatic rings. The highest BCUT2D eigenvalue weighted by atomic mass is 16.5. The number of phenols is 1. The molecule has 0 aliphatic carbocycles. The highest BCUT2D eigenvalue weighted by Gasteiger charge is 2.34. The molecule has 1 N–H and O–H groups in total. The average molecular weight is 413 g/mol. The number of benzene rings is 2. The molecule has 0 amide bonds. The highest BCUT2D eigenvalue weighted by molar-refractivity contribution is 5.87. The van der Waals surface area contributed by atoms with E-state index in [0.29, 0.717) is 24.1 Å². The van der Waals surface area contributed by atoms with Gasteiger partial charge in [-0.25, -0.2) is 0 Å². The molecule has 30 heavy (non-hydrogen) atoms. The molecule has 0 aromatic heterocycles. The summed E-state index contributed by atoms with van der Waals surface area (Å²) in [5, 5.41) is 12.8. The molecule has 2 fully saturated rings. The van der Waals surface area contributed by atoms with E-state index < -0.39 is 0 Å². The summed E-state index contributed by atoms with van der Waals surface area (Å²) in [6.45, 7) is 6.12. The molecular formula is C24H32N2O4. The molecular weight excluding hydrogens is 380 g/mol. The van der Waals surface area contributed by atoms with E-state index in [2.05, 4.69) is 21.9 Å². The fourth-order valence-corrected chi connectivity index (χ4v) is 5.03. The lowest BCUT2D eigenvalue weighted by atomic mass is 9.86. The van der Waals surface area contributed by atoms with Crippen LogP contribution >= 0.6 is 0 Å². The standard InChI is InChI=1S/C24H32N2O4/c1-29-24(28)9-7-19-16-25(11-10-22(19)26-12-14-30-15-13-26)17-21-20-5-3-2-4-18(20)6-8-23(21)27/h2-6,8,19,22,27H,7,9-17H2,1H3/t19-,22+/m0/s1. The summed E-state index contributed by atoms with van der Waals surface area (Å²) in [4.78, 5) is 16.8. The molecule has 0 unspecified atom stereocenters. The van der Waals surface area contributed by atoms with Gasteiger partial charge in [-0.15, -0.1) is 0 Å². The van der Waals surface area contributed by atoms with Crippen molar-refractivity contribution in [2.24, 2.45) is 5.92 Å². The Hall–Kier alpha value is -2.15. The maximum atomic E-state index is 11.8. The Balaban J connectivity index is 1.50. The topological polar surface area (TPSA) is 62.2 Å². The summed E-state index contributed by atoms with van der Waals surface area (Å²) in [7, 11) is 1.46. The SMILES string of the molecule is COC(=O)CC[C@H]1CN(Cc2c(O)ccc3ccccc23)CC[C@H]1N1CCOCC1. The molecule has 2 aliphatic rings. The zero-order chi connectivity index (χ0) is 20.9. The van der Waals surface area contributed by atoms with Gasteiger partial charge in [0.2, 0.25) is 0 Å². The van der Waals surface area contributed by atoms with Crippen molar-refractivity contribution in [2.75, 3.05) is 46.5 Å². The van der Waals surface area contributed by atoms with Gasteiger partial charge in [-0.1, -0.05) is 30.3 Å². The fourth-order valence-electron chi connectivity index (χ4n) is 5.03. The Labute approximate surface area is 178 Å². The van der Waals surface area contributed by atoms with E-state index in [1.165, 1.54) is 7.11 Å². The Kier molecular flexibility index (Phi) is 6.87. The minimum Gasteiger partial charge on any atom is -0.508 e. The van der Waals surface area contributed by atoms with Gasteiger partial charge in [0.15, 0.2) is 0 Å². The minimum absolute atomic E-state index is 0.139. The molecule has 0 radical (unpaired) electrons. The van der Waals surface area contributed by atoms with Crippen LogP contribution in [-0.2, 0) is 20.8 Å². The predicted molar refractivity (Wildman–Crippen MR) is 116 cm³/mol. The summed E-state index contributed by atoms with van der Waals surface area (Å²) in [6.07, 6.45) is 2.35. The van der Waals surface area contributed by atoms with Crippen LogP contribution in [-0.4, -0.2) is 73.4 Å². The maximum absolute atomic E-state index is 11.8. The lowest BCUT2D eigenvalue weighted by Gasteiger charge is -2.45. The number of carbonyl (C=O) groups excluding carboxylic acids is 1. The van der Waals surface area contributed by atoms with E-state index in [9.17, 15) is 9.90 Å². The van der Waals surface area contributed by atoms with E-state index in [1.807, 2.05) is 18.2 Å². The first kappa shape index (κ1) is 21.1. The van der Waals surface area contributed by atoms with Crippen molar-refractivity contribution in [1.82, 2.24) is 9.80 Å². The largest absolute Gasteiger partial charge is 0.508 e. The number of likely N-dealkylation sites (tertiary alicyclic amines) is 1. The van der Waals surface area contributed by atoms with Crippen LogP contribution < -0.4 is 0 Å². The number of ether oxygens (including phenoxy) is 2. The molecule has 6 heteroatoms. The van der Waals surface area contributed by atoms with E-state index >= 15 is 0 Å². The van der Waals surface area contributed by atoms with Crippen LogP contribution in [0.2, 0.25) is 0 Å². The number of morpholine rings is 1. The lowest BCUT2D eigenvalue weighted by Crippen LogP contribution is -2.53. The van der Waals surface area contributed by atoms with Crippen LogP contribution in [0.1, 0.15) is 24.8 Å². The number of fused-ring (bicyclic) bond motifs is 1. The van der Waals surface area contributed by atoms with Gasteiger partial charge < -0.3 is 14.6 Å². The second-order valence-electron chi connectivity index (χ2n) is 8.40. The molecule has 162 valence electrons. The molecule has 0 saturated carbocycles. The number of phenolic OH excluding ortho intramolecular Hbond substituents is 1. The highest BCUT2D eigenvalue weighted by Crippen LogP contribution is 2.32. The van der Waals surface area contributed by atoms with Gasteiger partial charge in [-0.05, 0) is 42.1 Å². The first-order valence-electron chi connectivity index (χ1n) is 11.0. The number of nitrogens with zero attached hydrogens (tertiary/aromatic N) is 2. The summed E-state index contributed by atoms with van der Waals surface area (Å²) < 4.78 is 10.4. The number of rotatable bonds is 6. The van der Waals surface area contributed by atoms with Crippen molar-refractivity contribution in [2.45, 2.75) is 31.8 Å². The third-order valence-electron chi connectivity index (χ3n) is 6.64. The number of carbonyl (C=O) groups is 1. The van der Waals surface area contributed by atoms with E-state index in [0.717, 1.165) is 75.1 Å². The van der Waals surface area contributed by atoms with Crippen LogP contribution in [0.3, 0.4) is 0 Å². The third kappa shape index (κ3) is 4.77. The minimum atomic E-state index is -0.139. The normalized spacial score (nSPS) is 23.5. The van der Waals surface area contributed by atoms with Gasteiger partial charge in [0, 0.05) is 44.2 Å². The van der Waals surface area contributed by atoms with Gasteiger partial charge in [0.05, 0.1) is 20.3 Å². The summed E-state index contributed by atoms with van der Waals surface area (Å²) >= 11 is 0. The fraction of sp³-hybridized carbons (Fsp3) is 0.542. The lowest BCUT2D eigenvalue weighted by molar-refractivity contribution is -0.141. The number of piperidine rings is 1. The van der Waals surface area contributed by atoms with Crippen LogP contribution in [0.4, 0.5) is 0 Å². The molecule has 4 rings (SSSR count). The van der Waals surface area contributed by atoms with Crippen molar-refractivity contribution in [3.8, 4) is 5.75 Å². The third-order valence-corrected chi connectivity index (χ3v) is 6.64. The van der Waals surface area contributed by atoms with Gasteiger partial charge in [-0.3, -0.25) is 14.6 Å². The number of methoxy groups -OCH3 is 1. The zero-order valence-electron chi connectivity index (χ0n) is 17.8. The van der Waals surface area contributed by atoms with Crippen LogP contribution in [0, 0.1) is 5.92 Å². The van der Waals surface area contributed by atoms with E-state index in [-0.39, 0.29) is 5.97 Å². The van der Waals surface area contributed by atoms with Gasteiger partial charge in [0.25, 0.3) is 0 Å². The summed E-state index contributed by atoms with van der Waals surface area (Å²) in [5.41, 5.74) is 0.990. The van der Waals surface area contributed by atoms with Crippen LogP contribution in [0.25, 0.3) is 10.8 Å². The maximum Gasteiger partial charge on any atom is 0.305 e. The monoisotopic (exact) mass is 412 g/mol. The smallest absolute Gasteiger partial charge is 0.305 e. The molecule has 2 aliphatic heterocycles. The summed E-state index contributed by atoms with van der Waals surface area (Å²) in [5.74, 6) is 0.614. The van der Waals surface area contributed by atoms with Crippen molar-refractivity contribution in [3.05, 3.63) is 42.0 Å². The van der Waals surface area contributed by atoms with Crippen molar-refractivity contribution < 1.29 is 19.4 Å². The number of aromatic hydroxyl groups is 1. The van der Waals surface area contributed by atoms with Crippen molar-refractivity contribution >= 4 is 16.7 Å². The molecule has 6 nitrogen and oxygen atoms in total. The molecule has 2 saturated heterocycles. The molecule has 0 bridgehead atoms.